The second-order valence-electron chi connectivity index (χ2n) is 5.93. The number of fused-ring (bicyclic) bond motifs is 1. The molecule has 3 aromatic rings. The number of methoxy groups -OCH3 is 1. The van der Waals surface area contributed by atoms with Gasteiger partial charge in [0, 0.05) is 18.4 Å². The summed E-state index contributed by atoms with van der Waals surface area (Å²) >= 11 is 0. The monoisotopic (exact) mass is 346 g/mol. The first kappa shape index (κ1) is 16.1. The Bertz CT molecular complexity index is 958. The van der Waals surface area contributed by atoms with Crippen molar-refractivity contribution in [3.8, 4) is 5.75 Å². The van der Waals surface area contributed by atoms with Crippen LogP contribution in [0.4, 0.5) is 17.3 Å². The molecule has 0 spiro atoms. The molecule has 0 aliphatic carbocycles. The van der Waals surface area contributed by atoms with Crippen molar-refractivity contribution in [2.24, 2.45) is 0 Å². The minimum Gasteiger partial charge on any atom is -0.495 e. The highest BCUT2D eigenvalue weighted by Gasteiger charge is 2.26. The molecule has 0 unspecified atom stereocenters. The Morgan fingerprint density at radius 1 is 1.12 bits per heavy atom. The van der Waals surface area contributed by atoms with Crippen molar-refractivity contribution in [2.75, 3.05) is 23.9 Å². The van der Waals surface area contributed by atoms with Crippen molar-refractivity contribution in [1.29, 1.82) is 0 Å². The first-order valence-corrected chi connectivity index (χ1v) is 8.39. The number of carbonyl (C=O) groups is 1. The van der Waals surface area contributed by atoms with Crippen LogP contribution in [0, 0.1) is 0 Å². The van der Waals surface area contributed by atoms with Gasteiger partial charge in [0.25, 0.3) is 5.91 Å². The van der Waals surface area contributed by atoms with Gasteiger partial charge in [-0.2, -0.15) is 0 Å². The summed E-state index contributed by atoms with van der Waals surface area (Å²) in [5, 5.41) is 3.11. The maximum absolute atomic E-state index is 12.9. The van der Waals surface area contributed by atoms with Crippen LogP contribution in [0.15, 0.2) is 60.8 Å². The lowest BCUT2D eigenvalue weighted by Gasteiger charge is -2.17. The van der Waals surface area contributed by atoms with Crippen LogP contribution in [0.2, 0.25) is 0 Å². The Balaban J connectivity index is 1.59. The van der Waals surface area contributed by atoms with E-state index in [0.717, 1.165) is 17.8 Å². The Labute approximate surface area is 151 Å². The number of nitrogens with one attached hydrogen (secondary N) is 1. The molecule has 2 aromatic carbocycles. The lowest BCUT2D eigenvalue weighted by Crippen LogP contribution is -2.29. The first-order chi connectivity index (χ1) is 12.8. The Kier molecular flexibility index (Phi) is 4.23. The molecule has 0 fully saturated rings. The molecule has 0 radical (unpaired) electrons. The number of amides is 1. The van der Waals surface area contributed by atoms with Gasteiger partial charge in [0.1, 0.15) is 11.4 Å². The Morgan fingerprint density at radius 3 is 2.81 bits per heavy atom. The lowest BCUT2D eigenvalue weighted by atomic mass is 10.2. The molecule has 6 heteroatoms. The standard InChI is InChI=1S/C20H18N4O2/c1-26-18-9-5-3-7-15(18)22-20-21-12-10-16(23-20)19(25)24-13-11-14-6-2-4-8-17(14)24/h2-10,12H,11,13H2,1H3,(H,21,22,23). The maximum atomic E-state index is 12.9. The van der Waals surface area contributed by atoms with Crippen molar-refractivity contribution < 1.29 is 9.53 Å². The summed E-state index contributed by atoms with van der Waals surface area (Å²) in [7, 11) is 1.60. The first-order valence-electron chi connectivity index (χ1n) is 8.39. The highest BCUT2D eigenvalue weighted by atomic mass is 16.5. The fourth-order valence-electron chi connectivity index (χ4n) is 3.09. The highest BCUT2D eigenvalue weighted by Crippen LogP contribution is 2.29. The SMILES string of the molecule is COc1ccccc1Nc1nccc(C(=O)N2CCc3ccccc32)n1. The third-order valence-corrected chi connectivity index (χ3v) is 4.36. The third kappa shape index (κ3) is 2.97. The molecule has 130 valence electrons. The number of aromatic nitrogens is 2. The number of anilines is 3. The van der Waals surface area contributed by atoms with Crippen LogP contribution in [0.3, 0.4) is 0 Å². The van der Waals surface area contributed by atoms with Crippen molar-refractivity contribution in [3.63, 3.8) is 0 Å². The number of nitrogens with zero attached hydrogens (tertiary/aromatic N) is 3. The molecule has 1 N–H and O–H groups in total. The molecule has 0 atom stereocenters. The normalized spacial score (nSPS) is 12.6. The summed E-state index contributed by atoms with van der Waals surface area (Å²) in [6, 6.07) is 17.1. The molecule has 0 saturated heterocycles. The zero-order valence-electron chi connectivity index (χ0n) is 14.3. The molecule has 1 aliphatic heterocycles. The van der Waals surface area contributed by atoms with Crippen LogP contribution in [-0.4, -0.2) is 29.5 Å². The minimum absolute atomic E-state index is 0.125. The van der Waals surface area contributed by atoms with Gasteiger partial charge in [-0.05, 0) is 36.2 Å². The van der Waals surface area contributed by atoms with E-state index in [1.54, 1.807) is 24.3 Å². The van der Waals surface area contributed by atoms with Gasteiger partial charge in [-0.1, -0.05) is 30.3 Å². The molecule has 6 nitrogen and oxygen atoms in total. The number of ether oxygens (including phenoxy) is 1. The summed E-state index contributed by atoms with van der Waals surface area (Å²) in [5.74, 6) is 0.912. The van der Waals surface area contributed by atoms with Gasteiger partial charge in [0.05, 0.1) is 12.8 Å². The number of para-hydroxylation sites is 3. The average Bonchev–Trinajstić information content (AvgIpc) is 3.12. The van der Waals surface area contributed by atoms with Crippen LogP contribution in [0.5, 0.6) is 5.75 Å². The fraction of sp³-hybridized carbons (Fsp3) is 0.150. The summed E-state index contributed by atoms with van der Waals surface area (Å²) in [6.07, 6.45) is 2.44. The molecule has 0 saturated carbocycles. The number of hydrogen-bond acceptors (Lipinski definition) is 5. The summed E-state index contributed by atoms with van der Waals surface area (Å²) in [5.41, 5.74) is 3.23. The number of hydrogen-bond donors (Lipinski definition) is 1. The van der Waals surface area contributed by atoms with E-state index in [0.29, 0.717) is 23.9 Å². The van der Waals surface area contributed by atoms with Gasteiger partial charge >= 0.3 is 0 Å². The third-order valence-electron chi connectivity index (χ3n) is 4.36. The fourth-order valence-corrected chi connectivity index (χ4v) is 3.09. The van der Waals surface area contributed by atoms with Crippen LogP contribution < -0.4 is 15.0 Å². The van der Waals surface area contributed by atoms with Crippen molar-refractivity contribution in [2.45, 2.75) is 6.42 Å². The molecule has 4 rings (SSSR count). The van der Waals surface area contributed by atoms with E-state index in [1.807, 2.05) is 42.5 Å². The van der Waals surface area contributed by atoms with Gasteiger partial charge in [0.2, 0.25) is 5.95 Å². The van der Waals surface area contributed by atoms with Gasteiger partial charge in [0.15, 0.2) is 0 Å². The molecule has 0 bridgehead atoms. The summed E-state index contributed by atoms with van der Waals surface area (Å²) in [4.78, 5) is 23.3. The Morgan fingerprint density at radius 2 is 1.92 bits per heavy atom. The topological polar surface area (TPSA) is 67.3 Å². The zero-order chi connectivity index (χ0) is 17.9. The smallest absolute Gasteiger partial charge is 0.277 e. The van der Waals surface area contributed by atoms with Gasteiger partial charge in [-0.3, -0.25) is 4.79 Å². The van der Waals surface area contributed by atoms with E-state index >= 15 is 0 Å². The predicted octanol–water partition coefficient (Wildman–Crippen LogP) is 3.43. The Hall–Kier alpha value is -3.41. The van der Waals surface area contributed by atoms with E-state index in [-0.39, 0.29) is 5.91 Å². The second kappa shape index (κ2) is 6.84. The van der Waals surface area contributed by atoms with Gasteiger partial charge in [-0.25, -0.2) is 9.97 Å². The molecular weight excluding hydrogens is 328 g/mol. The van der Waals surface area contributed by atoms with Crippen LogP contribution in [-0.2, 0) is 6.42 Å². The van der Waals surface area contributed by atoms with E-state index < -0.39 is 0 Å². The molecule has 26 heavy (non-hydrogen) atoms. The quantitative estimate of drug-likeness (QED) is 0.784. The van der Waals surface area contributed by atoms with Crippen LogP contribution in [0.1, 0.15) is 16.1 Å². The van der Waals surface area contributed by atoms with E-state index in [2.05, 4.69) is 21.4 Å². The highest BCUT2D eigenvalue weighted by molar-refractivity contribution is 6.06. The van der Waals surface area contributed by atoms with Crippen LogP contribution in [0.25, 0.3) is 0 Å². The predicted molar refractivity (Wildman–Crippen MR) is 100 cm³/mol. The minimum atomic E-state index is -0.125. The molecule has 2 heterocycles. The van der Waals surface area contributed by atoms with Crippen molar-refractivity contribution in [3.05, 3.63) is 72.1 Å². The second-order valence-corrected chi connectivity index (χ2v) is 5.93. The van der Waals surface area contributed by atoms with Crippen molar-refractivity contribution >= 4 is 23.2 Å². The number of benzene rings is 2. The lowest BCUT2D eigenvalue weighted by molar-refractivity contribution is 0.0984. The van der Waals surface area contributed by atoms with Gasteiger partial charge < -0.3 is 15.0 Å². The van der Waals surface area contributed by atoms with Crippen LogP contribution >= 0.6 is 0 Å². The van der Waals surface area contributed by atoms with E-state index in [9.17, 15) is 4.79 Å². The molecular formula is C20H18N4O2. The molecule has 1 aromatic heterocycles. The molecule has 1 amide bonds. The summed E-state index contributed by atoms with van der Waals surface area (Å²) in [6.45, 7) is 0.664. The zero-order valence-corrected chi connectivity index (χ0v) is 14.3. The average molecular weight is 346 g/mol. The summed E-state index contributed by atoms with van der Waals surface area (Å²) < 4.78 is 5.32. The van der Waals surface area contributed by atoms with Crippen molar-refractivity contribution in [1.82, 2.24) is 9.97 Å². The van der Waals surface area contributed by atoms with E-state index in [4.69, 9.17) is 4.74 Å². The number of carbonyl (C=O) groups excluding carboxylic acids is 1. The molecule has 1 aliphatic rings. The van der Waals surface area contributed by atoms with Gasteiger partial charge in [-0.15, -0.1) is 0 Å². The number of rotatable bonds is 4. The largest absolute Gasteiger partial charge is 0.495 e. The van der Waals surface area contributed by atoms with E-state index in [1.165, 1.54) is 5.56 Å². The maximum Gasteiger partial charge on any atom is 0.277 e.